The van der Waals surface area contributed by atoms with Crippen LogP contribution in [-0.4, -0.2) is 42.0 Å². The maximum absolute atomic E-state index is 5.72. The topological polar surface area (TPSA) is 69.4 Å². The molecule has 0 saturated carbocycles. The molecule has 0 bridgehead atoms. The summed E-state index contributed by atoms with van der Waals surface area (Å²) in [6.45, 7) is 8.72. The average Bonchev–Trinajstić information content (AvgIpc) is 2.78. The molecule has 1 N–H and O–H groups in total. The van der Waals surface area contributed by atoms with Gasteiger partial charge < -0.3 is 19.3 Å². The lowest BCUT2D eigenvalue weighted by Crippen LogP contribution is -2.45. The van der Waals surface area contributed by atoms with E-state index in [-0.39, 0.29) is 18.1 Å². The minimum atomic E-state index is 0.102. The maximum atomic E-state index is 5.72. The van der Waals surface area contributed by atoms with Gasteiger partial charge in [0.25, 0.3) is 0 Å². The van der Waals surface area contributed by atoms with Crippen LogP contribution >= 0.6 is 0 Å². The number of nitrogens with zero attached hydrogens (tertiary/aromatic N) is 2. The molecule has 1 aliphatic heterocycles. The highest BCUT2D eigenvalue weighted by Crippen LogP contribution is 2.11. The molecular weight excluding hydrogens is 234 g/mol. The Kier molecular flexibility index (Phi) is 4.68. The molecule has 0 aromatic carbocycles. The number of hydrogen-bond donors (Lipinski definition) is 1. The number of rotatable bonds is 5. The largest absolute Gasteiger partial charge is 0.371 e. The second kappa shape index (κ2) is 6.26. The Labute approximate surface area is 107 Å². The molecule has 6 nitrogen and oxygen atoms in total. The Bertz CT molecular complexity index is 367. The van der Waals surface area contributed by atoms with Crippen molar-refractivity contribution in [2.45, 2.75) is 45.5 Å². The summed E-state index contributed by atoms with van der Waals surface area (Å²) in [4.78, 5) is 4.25. The molecule has 1 saturated heterocycles. The first-order valence-corrected chi connectivity index (χ1v) is 6.41. The standard InChI is InChI=1S/C12H21N3O3/c1-8(2)12-14-11(15-18-12)7-16-6-10-5-13-4-9(3)17-10/h8-10,13H,4-7H2,1-3H3. The molecule has 2 heterocycles. The third kappa shape index (κ3) is 3.76. The van der Waals surface area contributed by atoms with Gasteiger partial charge in [0.2, 0.25) is 5.89 Å². The first kappa shape index (κ1) is 13.5. The van der Waals surface area contributed by atoms with E-state index in [1.165, 1.54) is 0 Å². The summed E-state index contributed by atoms with van der Waals surface area (Å²) in [5.74, 6) is 1.49. The highest BCUT2D eigenvalue weighted by molar-refractivity contribution is 4.89. The van der Waals surface area contributed by atoms with Gasteiger partial charge in [0.05, 0.1) is 18.8 Å². The fourth-order valence-corrected chi connectivity index (χ4v) is 1.81. The quantitative estimate of drug-likeness (QED) is 0.849. The van der Waals surface area contributed by atoms with Gasteiger partial charge in [-0.15, -0.1) is 0 Å². The van der Waals surface area contributed by atoms with Crippen LogP contribution < -0.4 is 5.32 Å². The molecule has 18 heavy (non-hydrogen) atoms. The summed E-state index contributed by atoms with van der Waals surface area (Å²) in [7, 11) is 0. The van der Waals surface area contributed by atoms with Gasteiger partial charge in [-0.3, -0.25) is 0 Å². The number of hydrogen-bond acceptors (Lipinski definition) is 6. The van der Waals surface area contributed by atoms with Crippen LogP contribution in [0.3, 0.4) is 0 Å². The van der Waals surface area contributed by atoms with Gasteiger partial charge in [-0.1, -0.05) is 19.0 Å². The minimum Gasteiger partial charge on any atom is -0.371 e. The molecule has 1 aromatic rings. The van der Waals surface area contributed by atoms with Crippen molar-refractivity contribution in [3.05, 3.63) is 11.7 Å². The Morgan fingerprint density at radius 3 is 2.94 bits per heavy atom. The van der Waals surface area contributed by atoms with Crippen molar-refractivity contribution in [3.8, 4) is 0 Å². The van der Waals surface area contributed by atoms with Gasteiger partial charge in [-0.25, -0.2) is 0 Å². The third-order valence-electron chi connectivity index (χ3n) is 2.74. The van der Waals surface area contributed by atoms with E-state index in [4.69, 9.17) is 14.0 Å². The van der Waals surface area contributed by atoms with Gasteiger partial charge in [0.15, 0.2) is 5.82 Å². The normalized spacial score (nSPS) is 24.7. The second-order valence-corrected chi connectivity index (χ2v) is 4.95. The summed E-state index contributed by atoms with van der Waals surface area (Å²) >= 11 is 0. The van der Waals surface area contributed by atoms with Crippen molar-refractivity contribution in [2.75, 3.05) is 19.7 Å². The van der Waals surface area contributed by atoms with Gasteiger partial charge >= 0.3 is 0 Å². The van der Waals surface area contributed by atoms with Crippen LogP contribution in [0.1, 0.15) is 38.4 Å². The Hall–Kier alpha value is -0.980. The highest BCUT2D eigenvalue weighted by Gasteiger charge is 2.19. The Morgan fingerprint density at radius 1 is 1.44 bits per heavy atom. The number of morpholine rings is 1. The lowest BCUT2D eigenvalue weighted by molar-refractivity contribution is -0.0725. The molecule has 0 aliphatic carbocycles. The van der Waals surface area contributed by atoms with Gasteiger partial charge in [-0.05, 0) is 6.92 Å². The van der Waals surface area contributed by atoms with E-state index < -0.39 is 0 Å². The van der Waals surface area contributed by atoms with E-state index in [0.717, 1.165) is 13.1 Å². The summed E-state index contributed by atoms with van der Waals surface area (Å²) in [5, 5.41) is 7.17. The van der Waals surface area contributed by atoms with Crippen molar-refractivity contribution in [3.63, 3.8) is 0 Å². The van der Waals surface area contributed by atoms with Crippen molar-refractivity contribution in [2.24, 2.45) is 0 Å². The molecule has 0 radical (unpaired) electrons. The predicted molar refractivity (Wildman–Crippen MR) is 65.2 cm³/mol. The molecule has 6 heteroatoms. The fourth-order valence-electron chi connectivity index (χ4n) is 1.81. The molecule has 0 amide bonds. The summed E-state index contributed by atoms with van der Waals surface area (Å²) in [5.41, 5.74) is 0. The van der Waals surface area contributed by atoms with Crippen molar-refractivity contribution in [1.82, 2.24) is 15.5 Å². The van der Waals surface area contributed by atoms with Crippen LogP contribution in [0, 0.1) is 0 Å². The van der Waals surface area contributed by atoms with Crippen LogP contribution in [0.4, 0.5) is 0 Å². The Balaban J connectivity index is 1.71. The lowest BCUT2D eigenvalue weighted by Gasteiger charge is -2.28. The number of ether oxygens (including phenoxy) is 2. The first-order chi connectivity index (χ1) is 8.65. The smallest absolute Gasteiger partial charge is 0.229 e. The van der Waals surface area contributed by atoms with Crippen LogP contribution in [0.2, 0.25) is 0 Å². The van der Waals surface area contributed by atoms with Crippen LogP contribution in [0.25, 0.3) is 0 Å². The van der Waals surface area contributed by atoms with Crippen molar-refractivity contribution >= 4 is 0 Å². The van der Waals surface area contributed by atoms with Gasteiger partial charge in [-0.2, -0.15) is 4.98 Å². The molecule has 102 valence electrons. The zero-order valence-electron chi connectivity index (χ0n) is 11.2. The van der Waals surface area contributed by atoms with Gasteiger partial charge in [0.1, 0.15) is 6.61 Å². The molecule has 1 fully saturated rings. The molecular formula is C12H21N3O3. The zero-order chi connectivity index (χ0) is 13.0. The van der Waals surface area contributed by atoms with Crippen LogP contribution in [0.5, 0.6) is 0 Å². The molecule has 1 aliphatic rings. The molecule has 2 unspecified atom stereocenters. The maximum Gasteiger partial charge on any atom is 0.229 e. The van der Waals surface area contributed by atoms with E-state index in [9.17, 15) is 0 Å². The summed E-state index contributed by atoms with van der Waals surface area (Å²) in [6, 6.07) is 0. The monoisotopic (exact) mass is 255 g/mol. The summed E-state index contributed by atoms with van der Waals surface area (Å²) < 4.78 is 16.4. The molecule has 1 aromatic heterocycles. The minimum absolute atomic E-state index is 0.102. The third-order valence-corrected chi connectivity index (χ3v) is 2.74. The zero-order valence-corrected chi connectivity index (χ0v) is 11.2. The predicted octanol–water partition coefficient (Wildman–Crippen LogP) is 1.09. The van der Waals surface area contributed by atoms with E-state index in [1.54, 1.807) is 0 Å². The van der Waals surface area contributed by atoms with Crippen LogP contribution in [-0.2, 0) is 16.1 Å². The van der Waals surface area contributed by atoms with Crippen LogP contribution in [0.15, 0.2) is 4.52 Å². The highest BCUT2D eigenvalue weighted by atomic mass is 16.5. The lowest BCUT2D eigenvalue weighted by atomic mass is 10.2. The molecule has 2 atom stereocenters. The first-order valence-electron chi connectivity index (χ1n) is 6.41. The van der Waals surface area contributed by atoms with Gasteiger partial charge in [0, 0.05) is 19.0 Å². The second-order valence-electron chi connectivity index (χ2n) is 4.95. The molecule has 2 rings (SSSR count). The average molecular weight is 255 g/mol. The number of nitrogens with one attached hydrogen (secondary N) is 1. The van der Waals surface area contributed by atoms with Crippen molar-refractivity contribution in [1.29, 1.82) is 0 Å². The molecule has 0 spiro atoms. The summed E-state index contributed by atoms with van der Waals surface area (Å²) in [6.07, 6.45) is 0.343. The number of aromatic nitrogens is 2. The van der Waals surface area contributed by atoms with E-state index in [2.05, 4.69) is 15.5 Å². The SMILES string of the molecule is CC1CNCC(COCc2noc(C(C)C)n2)O1. The Morgan fingerprint density at radius 2 is 2.28 bits per heavy atom. The fraction of sp³-hybridized carbons (Fsp3) is 0.833. The van der Waals surface area contributed by atoms with E-state index >= 15 is 0 Å². The van der Waals surface area contributed by atoms with E-state index in [0.29, 0.717) is 24.9 Å². The van der Waals surface area contributed by atoms with Crippen molar-refractivity contribution < 1.29 is 14.0 Å². The van der Waals surface area contributed by atoms with E-state index in [1.807, 2.05) is 20.8 Å².